The summed E-state index contributed by atoms with van der Waals surface area (Å²) < 4.78 is 11.5. The second-order valence-electron chi connectivity index (χ2n) is 5.28. The quantitative estimate of drug-likeness (QED) is 0.508. The minimum atomic E-state index is -0.211. The number of methoxy groups -OCH3 is 1. The van der Waals surface area contributed by atoms with Crippen molar-refractivity contribution in [2.45, 2.75) is 6.92 Å². The van der Waals surface area contributed by atoms with E-state index in [0.717, 1.165) is 5.56 Å². The fourth-order valence-corrected chi connectivity index (χ4v) is 4.08. The number of hydrogen-bond acceptors (Lipinski definition) is 5. The molecule has 4 nitrogen and oxygen atoms in total. The molecule has 0 aliphatic carbocycles. The van der Waals surface area contributed by atoms with Crippen LogP contribution in [0, 0.1) is 0 Å². The number of anilines is 1. The summed E-state index contributed by atoms with van der Waals surface area (Å²) in [4.78, 5) is 14.9. The number of ether oxygens (including phenoxy) is 2. The van der Waals surface area contributed by atoms with Gasteiger partial charge in [-0.15, -0.1) is 0 Å². The number of para-hydroxylation sites is 2. The van der Waals surface area contributed by atoms with Crippen molar-refractivity contribution < 1.29 is 14.3 Å². The van der Waals surface area contributed by atoms with Crippen LogP contribution >= 0.6 is 35.6 Å². The molecule has 1 amide bonds. The average molecular weight is 406 g/mol. The topological polar surface area (TPSA) is 38.8 Å². The third kappa shape index (κ3) is 3.58. The van der Waals surface area contributed by atoms with E-state index in [-0.39, 0.29) is 5.91 Å². The lowest BCUT2D eigenvalue weighted by Crippen LogP contribution is -2.27. The SMILES string of the molecule is CCOc1cccc(/C=C2/SC(=S)N(c3ccccc3Cl)C2=O)c1OC. The highest BCUT2D eigenvalue weighted by Gasteiger charge is 2.34. The number of benzene rings is 2. The minimum Gasteiger partial charge on any atom is -0.492 e. The van der Waals surface area contributed by atoms with Crippen LogP contribution < -0.4 is 14.4 Å². The van der Waals surface area contributed by atoms with Gasteiger partial charge in [0.05, 0.1) is 29.3 Å². The van der Waals surface area contributed by atoms with Gasteiger partial charge < -0.3 is 9.47 Å². The van der Waals surface area contributed by atoms with Gasteiger partial charge >= 0.3 is 0 Å². The van der Waals surface area contributed by atoms with Gasteiger partial charge in [-0.3, -0.25) is 9.69 Å². The summed E-state index contributed by atoms with van der Waals surface area (Å²) in [6, 6.07) is 12.7. The first-order chi connectivity index (χ1) is 12.6. The van der Waals surface area contributed by atoms with Gasteiger partial charge in [0, 0.05) is 5.56 Å². The van der Waals surface area contributed by atoms with Gasteiger partial charge in [0.2, 0.25) is 0 Å². The molecule has 3 rings (SSSR count). The molecule has 7 heteroatoms. The maximum Gasteiger partial charge on any atom is 0.270 e. The highest BCUT2D eigenvalue weighted by Crippen LogP contribution is 2.40. The second-order valence-corrected chi connectivity index (χ2v) is 7.36. The molecular weight excluding hydrogens is 390 g/mol. The van der Waals surface area contributed by atoms with E-state index in [1.165, 1.54) is 16.7 Å². The third-order valence-electron chi connectivity index (χ3n) is 3.69. The van der Waals surface area contributed by atoms with Crippen molar-refractivity contribution in [3.05, 3.63) is 58.0 Å². The first-order valence-corrected chi connectivity index (χ1v) is 9.49. The number of hydrogen-bond donors (Lipinski definition) is 0. The van der Waals surface area contributed by atoms with Crippen LogP contribution in [0.15, 0.2) is 47.4 Å². The number of thiocarbonyl (C=S) groups is 1. The lowest BCUT2D eigenvalue weighted by Gasteiger charge is -2.15. The Labute approximate surface area is 166 Å². The van der Waals surface area contributed by atoms with Crippen molar-refractivity contribution in [1.29, 1.82) is 0 Å². The van der Waals surface area contributed by atoms with Crippen molar-refractivity contribution in [2.24, 2.45) is 0 Å². The van der Waals surface area contributed by atoms with E-state index in [1.807, 2.05) is 37.3 Å². The molecule has 0 spiro atoms. The Morgan fingerprint density at radius 2 is 2.00 bits per heavy atom. The maximum atomic E-state index is 12.9. The molecule has 0 aromatic heterocycles. The summed E-state index contributed by atoms with van der Waals surface area (Å²) in [5.74, 6) is 1.000. The summed E-state index contributed by atoms with van der Waals surface area (Å²) in [6.45, 7) is 2.43. The number of amides is 1. The van der Waals surface area contributed by atoms with E-state index >= 15 is 0 Å². The molecule has 134 valence electrons. The van der Waals surface area contributed by atoms with Crippen molar-refractivity contribution in [3.63, 3.8) is 0 Å². The van der Waals surface area contributed by atoms with E-state index in [2.05, 4.69) is 0 Å². The summed E-state index contributed by atoms with van der Waals surface area (Å²) in [7, 11) is 1.57. The molecule has 1 aliphatic rings. The molecule has 2 aromatic rings. The van der Waals surface area contributed by atoms with Crippen molar-refractivity contribution >= 4 is 57.6 Å². The molecule has 0 unspecified atom stereocenters. The zero-order valence-electron chi connectivity index (χ0n) is 14.2. The van der Waals surface area contributed by atoms with E-state index < -0.39 is 0 Å². The van der Waals surface area contributed by atoms with E-state index in [4.69, 9.17) is 33.3 Å². The largest absolute Gasteiger partial charge is 0.492 e. The lowest BCUT2D eigenvalue weighted by molar-refractivity contribution is -0.113. The van der Waals surface area contributed by atoms with Crippen LogP contribution in [0.2, 0.25) is 5.02 Å². The fourth-order valence-electron chi connectivity index (χ4n) is 2.58. The van der Waals surface area contributed by atoms with Crippen molar-refractivity contribution in [1.82, 2.24) is 0 Å². The van der Waals surface area contributed by atoms with Gasteiger partial charge in [0.25, 0.3) is 5.91 Å². The van der Waals surface area contributed by atoms with Crippen LogP contribution in [0.4, 0.5) is 5.69 Å². The van der Waals surface area contributed by atoms with E-state index in [0.29, 0.717) is 38.0 Å². The predicted molar refractivity (Wildman–Crippen MR) is 111 cm³/mol. The lowest BCUT2D eigenvalue weighted by atomic mass is 10.1. The van der Waals surface area contributed by atoms with Crippen LogP contribution in [0.3, 0.4) is 0 Å². The molecule has 1 fully saturated rings. The van der Waals surface area contributed by atoms with Gasteiger partial charge in [-0.1, -0.05) is 59.8 Å². The molecule has 1 saturated heterocycles. The highest BCUT2D eigenvalue weighted by atomic mass is 35.5. The Kier molecular flexibility index (Phi) is 5.86. The number of halogens is 1. The molecule has 0 bridgehead atoms. The summed E-state index contributed by atoms with van der Waals surface area (Å²) in [6.07, 6.45) is 1.76. The number of rotatable bonds is 5. The molecule has 1 heterocycles. The van der Waals surface area contributed by atoms with Gasteiger partial charge in [-0.2, -0.15) is 0 Å². The standard InChI is InChI=1S/C19H16ClNO3S2/c1-3-24-15-10-6-7-12(17(15)23-2)11-16-18(22)21(19(25)26-16)14-9-5-4-8-13(14)20/h4-11H,3H2,1-2H3/b16-11+. The molecule has 0 radical (unpaired) electrons. The van der Waals surface area contributed by atoms with Crippen molar-refractivity contribution in [3.8, 4) is 11.5 Å². The number of carbonyl (C=O) groups is 1. The molecule has 1 aliphatic heterocycles. The molecule has 26 heavy (non-hydrogen) atoms. The van der Waals surface area contributed by atoms with Crippen molar-refractivity contribution in [2.75, 3.05) is 18.6 Å². The number of nitrogens with zero attached hydrogens (tertiary/aromatic N) is 1. The Morgan fingerprint density at radius 1 is 1.23 bits per heavy atom. The molecule has 0 N–H and O–H groups in total. The minimum absolute atomic E-state index is 0.211. The first kappa shape index (κ1) is 18.8. The monoisotopic (exact) mass is 405 g/mol. The van der Waals surface area contributed by atoms with Gasteiger partial charge in [-0.05, 0) is 31.2 Å². The number of carbonyl (C=O) groups excluding carboxylic acids is 1. The van der Waals surface area contributed by atoms with Gasteiger partial charge in [0.1, 0.15) is 0 Å². The smallest absolute Gasteiger partial charge is 0.270 e. The van der Waals surface area contributed by atoms with Crippen LogP contribution in [0.25, 0.3) is 6.08 Å². The summed E-state index contributed by atoms with van der Waals surface area (Å²) in [5.41, 5.74) is 1.33. The van der Waals surface area contributed by atoms with Crippen LogP contribution in [-0.2, 0) is 4.79 Å². The molecular formula is C19H16ClNO3S2. The molecule has 0 atom stereocenters. The van der Waals surface area contributed by atoms with E-state index in [1.54, 1.807) is 25.3 Å². The summed E-state index contributed by atoms with van der Waals surface area (Å²) >= 11 is 12.9. The molecule has 0 saturated carbocycles. The van der Waals surface area contributed by atoms with Gasteiger partial charge in [-0.25, -0.2) is 0 Å². The van der Waals surface area contributed by atoms with Crippen LogP contribution in [0.5, 0.6) is 11.5 Å². The van der Waals surface area contributed by atoms with Crippen LogP contribution in [0.1, 0.15) is 12.5 Å². The second kappa shape index (κ2) is 8.12. The predicted octanol–water partition coefficient (Wildman–Crippen LogP) is 5.15. The average Bonchev–Trinajstić information content (AvgIpc) is 2.90. The normalized spacial score (nSPS) is 15.7. The highest BCUT2D eigenvalue weighted by molar-refractivity contribution is 8.27. The van der Waals surface area contributed by atoms with Crippen LogP contribution in [-0.4, -0.2) is 23.9 Å². The maximum absolute atomic E-state index is 12.9. The third-order valence-corrected chi connectivity index (χ3v) is 5.31. The Hall–Kier alpha value is -2.02. The Bertz CT molecular complexity index is 898. The fraction of sp³-hybridized carbons (Fsp3) is 0.158. The number of thioether (sulfide) groups is 1. The molecule has 2 aromatic carbocycles. The Balaban J connectivity index is 1.99. The Morgan fingerprint density at radius 3 is 2.69 bits per heavy atom. The van der Waals surface area contributed by atoms with E-state index in [9.17, 15) is 4.79 Å². The first-order valence-electron chi connectivity index (χ1n) is 7.89. The zero-order chi connectivity index (χ0) is 18.7. The zero-order valence-corrected chi connectivity index (χ0v) is 16.6. The summed E-state index contributed by atoms with van der Waals surface area (Å²) in [5, 5.41) is 0.473. The van der Waals surface area contributed by atoms with Gasteiger partial charge in [0.15, 0.2) is 15.8 Å².